The van der Waals surface area contributed by atoms with Gasteiger partial charge in [-0.25, -0.2) is 0 Å². The first-order valence-electron chi connectivity index (χ1n) is 6.51. The second-order valence-corrected chi connectivity index (χ2v) is 4.19. The third-order valence-corrected chi connectivity index (χ3v) is 2.40. The summed E-state index contributed by atoms with van der Waals surface area (Å²) in [5, 5.41) is 11.7. The normalized spacial score (nSPS) is 33.8. The quantitative estimate of drug-likeness (QED) is 0.473. The van der Waals surface area contributed by atoms with Crippen LogP contribution >= 0.6 is 0 Å². The monoisotopic (exact) mass is 290 g/mol. The van der Waals surface area contributed by atoms with E-state index in [-0.39, 0.29) is 6.61 Å². The van der Waals surface area contributed by atoms with Crippen LogP contribution in [0.15, 0.2) is 0 Å². The summed E-state index contributed by atoms with van der Waals surface area (Å²) in [6.07, 6.45) is -6.87. The Morgan fingerprint density at radius 1 is 1.20 bits per heavy atom. The second kappa shape index (κ2) is 7.20. The van der Waals surface area contributed by atoms with Crippen molar-refractivity contribution in [2.75, 3.05) is 6.61 Å². The van der Waals surface area contributed by atoms with Gasteiger partial charge < -0.3 is 24.1 Å². The Morgan fingerprint density at radius 2 is 1.80 bits per heavy atom. The molecule has 114 valence electrons. The van der Waals surface area contributed by atoms with Gasteiger partial charge in [0.2, 0.25) is 0 Å². The van der Waals surface area contributed by atoms with Crippen molar-refractivity contribution in [3.05, 3.63) is 0 Å². The molecule has 0 aliphatic carbocycles. The molecule has 0 aromatic carbocycles. The van der Waals surface area contributed by atoms with E-state index in [9.17, 15) is 19.5 Å². The third-order valence-electron chi connectivity index (χ3n) is 2.40. The van der Waals surface area contributed by atoms with Crippen LogP contribution in [0.3, 0.4) is 0 Å². The third kappa shape index (κ3) is 5.14. The first-order valence-corrected chi connectivity index (χ1v) is 5.93. The van der Waals surface area contributed by atoms with Crippen molar-refractivity contribution in [2.45, 2.75) is 51.8 Å². The minimum Gasteiger partial charge on any atom is -0.831 e. The number of esters is 3. The molecule has 0 bridgehead atoms. The van der Waals surface area contributed by atoms with E-state index >= 15 is 0 Å². The Bertz CT molecular complexity index is 412. The molecular formula is C12H17O8-. The summed E-state index contributed by atoms with van der Waals surface area (Å²) in [7, 11) is 0. The van der Waals surface area contributed by atoms with Crippen LogP contribution in [0.2, 0.25) is 0 Å². The highest BCUT2D eigenvalue weighted by atomic mass is 16.7. The lowest BCUT2D eigenvalue weighted by Crippen LogP contribution is -2.56. The summed E-state index contributed by atoms with van der Waals surface area (Å²) in [5.74, 6) is -2.04. The van der Waals surface area contributed by atoms with Gasteiger partial charge in [0.25, 0.3) is 0 Å². The maximum atomic E-state index is 11.7. The fourth-order valence-electron chi connectivity index (χ4n) is 1.74. The van der Waals surface area contributed by atoms with Gasteiger partial charge in [0, 0.05) is 22.1 Å². The Morgan fingerprint density at radius 3 is 2.30 bits per heavy atom. The van der Waals surface area contributed by atoms with Crippen molar-refractivity contribution >= 4 is 17.9 Å². The molecule has 1 aliphatic heterocycles. The highest BCUT2D eigenvalue weighted by Crippen LogP contribution is 2.24. The van der Waals surface area contributed by atoms with E-state index in [1.165, 1.54) is 0 Å². The second-order valence-electron chi connectivity index (χ2n) is 4.19. The van der Waals surface area contributed by atoms with Gasteiger partial charge in [-0.15, -0.1) is 0 Å². The molecule has 1 heterocycles. The average molecular weight is 290 g/mol. The Balaban J connectivity index is 2.94. The van der Waals surface area contributed by atoms with Crippen LogP contribution < -0.4 is 5.11 Å². The molecule has 0 aromatic heterocycles. The van der Waals surface area contributed by atoms with E-state index in [1.54, 1.807) is 0 Å². The molecule has 0 unspecified atom stereocenters. The Kier molecular flexibility index (Phi) is 5.31. The predicted molar refractivity (Wildman–Crippen MR) is 61.0 cm³/mol. The first-order chi connectivity index (χ1) is 9.72. The molecule has 0 radical (unpaired) electrons. The van der Waals surface area contributed by atoms with Crippen molar-refractivity contribution in [3.63, 3.8) is 0 Å². The Labute approximate surface area is 117 Å². The van der Waals surface area contributed by atoms with E-state index in [2.05, 4.69) is 0 Å². The van der Waals surface area contributed by atoms with Gasteiger partial charge >= 0.3 is 17.9 Å². The summed E-state index contributed by atoms with van der Waals surface area (Å²) in [6.45, 7) is 3.04. The molecule has 1 rings (SSSR count). The zero-order valence-electron chi connectivity index (χ0n) is 12.4. The van der Waals surface area contributed by atoms with Gasteiger partial charge in [-0.1, -0.05) is 0 Å². The van der Waals surface area contributed by atoms with Gasteiger partial charge in [0.15, 0.2) is 6.10 Å². The van der Waals surface area contributed by atoms with Crippen molar-refractivity contribution in [1.82, 2.24) is 0 Å². The summed E-state index contributed by atoms with van der Waals surface area (Å²) in [5.41, 5.74) is 0. The van der Waals surface area contributed by atoms with E-state index in [4.69, 9.17) is 20.3 Å². The molecular weight excluding hydrogens is 272 g/mol. The topological polar surface area (TPSA) is 111 Å². The van der Waals surface area contributed by atoms with Crippen LogP contribution in [-0.4, -0.2) is 49.1 Å². The van der Waals surface area contributed by atoms with Gasteiger partial charge in [-0.05, 0) is 12.7 Å². The summed E-state index contributed by atoms with van der Waals surface area (Å²) in [6, 6.07) is 0. The van der Waals surface area contributed by atoms with Gasteiger partial charge in [0.1, 0.15) is 18.8 Å². The molecule has 8 heteroatoms. The number of ether oxygens (including phenoxy) is 4. The highest BCUT2D eigenvalue weighted by Gasteiger charge is 2.40. The SMILES string of the molecule is [2H][C@H]1[C@@H](OC(C)=O)[C@@H](OC(C)=O)[C@@H](COC(C)=O)O[C@@H]1[O-]. The number of carbonyl (C=O) groups excluding carboxylic acids is 3. The maximum Gasteiger partial charge on any atom is 0.303 e. The van der Waals surface area contributed by atoms with Crippen LogP contribution in [0.4, 0.5) is 0 Å². The van der Waals surface area contributed by atoms with Gasteiger partial charge in [0.05, 0.1) is 0 Å². The Hall–Kier alpha value is -1.67. The number of carbonyl (C=O) groups is 3. The lowest BCUT2D eigenvalue weighted by molar-refractivity contribution is -0.513. The summed E-state index contributed by atoms with van der Waals surface area (Å²) >= 11 is 0. The largest absolute Gasteiger partial charge is 0.831 e. The highest BCUT2D eigenvalue weighted by molar-refractivity contribution is 5.67. The molecule has 1 saturated heterocycles. The average Bonchev–Trinajstić information content (AvgIpc) is 2.35. The van der Waals surface area contributed by atoms with Gasteiger partial charge in [-0.3, -0.25) is 14.4 Å². The lowest BCUT2D eigenvalue weighted by Gasteiger charge is -2.42. The van der Waals surface area contributed by atoms with Gasteiger partial charge in [-0.2, -0.15) is 0 Å². The maximum absolute atomic E-state index is 11.7. The predicted octanol–water partition coefficient (Wildman–Crippen LogP) is -1.11. The molecule has 5 atom stereocenters. The van der Waals surface area contributed by atoms with Crippen molar-refractivity contribution < 1.29 is 39.8 Å². The fraction of sp³-hybridized carbons (Fsp3) is 0.750. The van der Waals surface area contributed by atoms with E-state index in [0.29, 0.717) is 0 Å². The smallest absolute Gasteiger partial charge is 0.303 e. The molecule has 0 aromatic rings. The first kappa shape index (κ1) is 14.7. The van der Waals surface area contributed by atoms with E-state index in [0.717, 1.165) is 20.8 Å². The number of rotatable bonds is 4. The number of hydrogen-bond acceptors (Lipinski definition) is 8. The lowest BCUT2D eigenvalue weighted by atomic mass is 10.0. The standard InChI is InChI=1S/C12H17O8/c1-6(13)17-5-10-12(19-8(3)15)9(18-7(2)14)4-11(16)20-10/h9-12H,4-5H2,1-3H3/q-1/t9-,10-,11+,12-/m1/s1/i4D/t4-,9+,10+,11-,12+/m0. The minimum absolute atomic E-state index is 0.351. The zero-order valence-corrected chi connectivity index (χ0v) is 11.4. The van der Waals surface area contributed by atoms with Crippen LogP contribution in [0.25, 0.3) is 0 Å². The van der Waals surface area contributed by atoms with E-state index in [1.807, 2.05) is 0 Å². The van der Waals surface area contributed by atoms with Crippen LogP contribution in [0, 0.1) is 0 Å². The number of hydrogen-bond donors (Lipinski definition) is 0. The zero-order chi connectivity index (χ0) is 16.2. The summed E-state index contributed by atoms with van der Waals surface area (Å²) < 4.78 is 27.3. The fourth-order valence-corrected chi connectivity index (χ4v) is 1.74. The molecule has 1 fully saturated rings. The van der Waals surface area contributed by atoms with E-state index < -0.39 is 48.9 Å². The molecule has 20 heavy (non-hydrogen) atoms. The molecule has 0 spiro atoms. The van der Waals surface area contributed by atoms with Crippen molar-refractivity contribution in [1.29, 1.82) is 0 Å². The molecule has 0 N–H and O–H groups in total. The minimum atomic E-state index is -1.82. The van der Waals surface area contributed by atoms with Crippen LogP contribution in [0.5, 0.6) is 0 Å². The molecule has 8 nitrogen and oxygen atoms in total. The molecule has 0 amide bonds. The van der Waals surface area contributed by atoms with Crippen molar-refractivity contribution in [3.8, 4) is 0 Å². The van der Waals surface area contributed by atoms with Crippen LogP contribution in [0.1, 0.15) is 28.5 Å². The summed E-state index contributed by atoms with van der Waals surface area (Å²) in [4.78, 5) is 33.1. The molecule has 1 aliphatic rings. The van der Waals surface area contributed by atoms with Crippen molar-refractivity contribution in [2.24, 2.45) is 0 Å². The van der Waals surface area contributed by atoms with Crippen LogP contribution in [-0.2, 0) is 33.3 Å². The molecule has 0 saturated carbocycles.